The van der Waals surface area contributed by atoms with Gasteiger partial charge in [0.25, 0.3) is 0 Å². The van der Waals surface area contributed by atoms with Crippen LogP contribution in [0.2, 0.25) is 0 Å². The molecule has 0 atom stereocenters. The molecule has 0 aliphatic rings. The highest BCUT2D eigenvalue weighted by Crippen LogP contribution is 2.23. The Morgan fingerprint density at radius 3 is 2.86 bits per heavy atom. The van der Waals surface area contributed by atoms with Crippen LogP contribution in [0.3, 0.4) is 0 Å². The van der Waals surface area contributed by atoms with E-state index in [4.69, 9.17) is 10.5 Å². The fraction of sp³-hybridized carbons (Fsp3) is 0.188. The summed E-state index contributed by atoms with van der Waals surface area (Å²) >= 11 is 1.46. The molecule has 0 aliphatic carbocycles. The summed E-state index contributed by atoms with van der Waals surface area (Å²) in [5.74, 6) is 1.06. The molecular weight excluding hydrogens is 284 g/mol. The third-order valence-corrected chi connectivity index (χ3v) is 3.94. The number of nitrogens with one attached hydrogen (secondary N) is 1. The Balaban J connectivity index is 1.94. The van der Waals surface area contributed by atoms with E-state index >= 15 is 0 Å². The Morgan fingerprint density at radius 1 is 1.29 bits per heavy atom. The van der Waals surface area contributed by atoms with E-state index in [2.05, 4.69) is 5.32 Å². The Hall–Kier alpha value is -2.14. The van der Waals surface area contributed by atoms with Crippen LogP contribution in [-0.4, -0.2) is 18.8 Å². The first-order valence-corrected chi connectivity index (χ1v) is 7.50. The highest BCUT2D eigenvalue weighted by molar-refractivity contribution is 8.00. The van der Waals surface area contributed by atoms with Crippen molar-refractivity contribution in [3.05, 3.63) is 48.0 Å². The highest BCUT2D eigenvalue weighted by atomic mass is 32.2. The van der Waals surface area contributed by atoms with Crippen LogP contribution in [0.25, 0.3) is 0 Å². The summed E-state index contributed by atoms with van der Waals surface area (Å²) in [6.45, 7) is 1.93. The molecule has 0 aliphatic heterocycles. The number of carbonyl (C=O) groups is 1. The lowest BCUT2D eigenvalue weighted by molar-refractivity contribution is -0.113. The molecular formula is C16H18N2O2S. The lowest BCUT2D eigenvalue weighted by atomic mass is 10.2. The Morgan fingerprint density at radius 2 is 2.10 bits per heavy atom. The van der Waals surface area contributed by atoms with Crippen LogP contribution in [0.1, 0.15) is 5.56 Å². The number of hydrogen-bond acceptors (Lipinski definition) is 4. The Labute approximate surface area is 128 Å². The van der Waals surface area contributed by atoms with Crippen LogP contribution in [0.15, 0.2) is 47.4 Å². The van der Waals surface area contributed by atoms with Gasteiger partial charge in [0.1, 0.15) is 5.75 Å². The summed E-state index contributed by atoms with van der Waals surface area (Å²) in [5.41, 5.74) is 8.11. The molecule has 0 fully saturated rings. The summed E-state index contributed by atoms with van der Waals surface area (Å²) in [4.78, 5) is 13.0. The number of aryl methyl sites for hydroxylation is 1. The first kappa shape index (κ1) is 15.3. The Kier molecular flexibility index (Phi) is 5.11. The summed E-state index contributed by atoms with van der Waals surface area (Å²) in [7, 11) is 1.62. The van der Waals surface area contributed by atoms with Gasteiger partial charge in [0.2, 0.25) is 5.91 Å². The van der Waals surface area contributed by atoms with E-state index in [1.807, 2.05) is 43.3 Å². The molecule has 0 saturated carbocycles. The second-order valence-electron chi connectivity index (χ2n) is 4.59. The minimum absolute atomic E-state index is 0.0588. The fourth-order valence-electron chi connectivity index (χ4n) is 1.80. The second kappa shape index (κ2) is 7.04. The van der Waals surface area contributed by atoms with Gasteiger partial charge in [-0.05, 0) is 42.8 Å². The van der Waals surface area contributed by atoms with Gasteiger partial charge in [-0.25, -0.2) is 0 Å². The van der Waals surface area contributed by atoms with Crippen LogP contribution in [-0.2, 0) is 4.79 Å². The molecule has 1 amide bonds. The molecule has 110 valence electrons. The summed E-state index contributed by atoms with van der Waals surface area (Å²) in [5, 5.41) is 2.88. The Bertz CT molecular complexity index is 644. The van der Waals surface area contributed by atoms with Gasteiger partial charge in [-0.1, -0.05) is 12.1 Å². The number of rotatable bonds is 5. The van der Waals surface area contributed by atoms with Crippen molar-refractivity contribution >= 4 is 29.0 Å². The van der Waals surface area contributed by atoms with E-state index in [1.165, 1.54) is 11.8 Å². The predicted octanol–water partition coefficient (Wildman–Crippen LogP) is 3.32. The van der Waals surface area contributed by atoms with Gasteiger partial charge < -0.3 is 15.8 Å². The number of ether oxygens (including phenoxy) is 1. The minimum Gasteiger partial charge on any atom is -0.497 e. The minimum atomic E-state index is -0.0588. The normalized spacial score (nSPS) is 10.2. The summed E-state index contributed by atoms with van der Waals surface area (Å²) < 4.78 is 5.16. The number of anilines is 2. The number of benzene rings is 2. The molecule has 0 saturated heterocycles. The number of nitrogen functional groups attached to an aromatic ring is 1. The zero-order valence-corrected chi connectivity index (χ0v) is 12.9. The molecule has 21 heavy (non-hydrogen) atoms. The van der Waals surface area contributed by atoms with Gasteiger partial charge in [-0.2, -0.15) is 0 Å². The van der Waals surface area contributed by atoms with Gasteiger partial charge in [0.15, 0.2) is 0 Å². The van der Waals surface area contributed by atoms with Crippen LogP contribution < -0.4 is 15.8 Å². The zero-order valence-electron chi connectivity index (χ0n) is 12.1. The third kappa shape index (κ3) is 4.43. The number of thioether (sulfide) groups is 1. The smallest absolute Gasteiger partial charge is 0.234 e. The van der Waals surface area contributed by atoms with Gasteiger partial charge >= 0.3 is 0 Å². The van der Waals surface area contributed by atoms with E-state index in [1.54, 1.807) is 13.2 Å². The molecule has 4 nitrogen and oxygen atoms in total. The van der Waals surface area contributed by atoms with Crippen LogP contribution >= 0.6 is 11.8 Å². The molecule has 2 aromatic rings. The van der Waals surface area contributed by atoms with Gasteiger partial charge in [-0.15, -0.1) is 11.8 Å². The van der Waals surface area contributed by atoms with Crippen LogP contribution in [0.4, 0.5) is 11.4 Å². The van der Waals surface area contributed by atoms with Gasteiger partial charge in [0.05, 0.1) is 12.9 Å². The molecule has 0 bridgehead atoms. The average Bonchev–Trinajstić information content (AvgIpc) is 2.49. The van der Waals surface area contributed by atoms with Crippen molar-refractivity contribution in [3.8, 4) is 5.75 Å². The molecule has 2 rings (SSSR count). The van der Waals surface area contributed by atoms with E-state index in [0.717, 1.165) is 21.9 Å². The van der Waals surface area contributed by atoms with Crippen LogP contribution in [0, 0.1) is 6.92 Å². The van der Waals surface area contributed by atoms with Crippen molar-refractivity contribution in [1.29, 1.82) is 0 Å². The SMILES string of the molecule is COc1cccc(SCC(=O)Nc2cc(N)ccc2C)c1. The van der Waals surface area contributed by atoms with Crippen molar-refractivity contribution in [2.75, 3.05) is 23.9 Å². The van der Waals surface area contributed by atoms with E-state index < -0.39 is 0 Å². The molecule has 3 N–H and O–H groups in total. The zero-order chi connectivity index (χ0) is 15.2. The monoisotopic (exact) mass is 302 g/mol. The lowest BCUT2D eigenvalue weighted by Gasteiger charge is -2.09. The second-order valence-corrected chi connectivity index (χ2v) is 5.64. The molecule has 0 spiro atoms. The summed E-state index contributed by atoms with van der Waals surface area (Å²) in [6.07, 6.45) is 0. The molecule has 5 heteroatoms. The van der Waals surface area contributed by atoms with E-state index in [-0.39, 0.29) is 5.91 Å². The first-order chi connectivity index (χ1) is 10.1. The number of amides is 1. The number of nitrogens with two attached hydrogens (primary N) is 1. The maximum Gasteiger partial charge on any atom is 0.234 e. The quantitative estimate of drug-likeness (QED) is 0.657. The van der Waals surface area contributed by atoms with Crippen molar-refractivity contribution in [3.63, 3.8) is 0 Å². The van der Waals surface area contributed by atoms with Crippen molar-refractivity contribution in [2.24, 2.45) is 0 Å². The number of carbonyl (C=O) groups excluding carboxylic acids is 1. The molecule has 0 unspecified atom stereocenters. The van der Waals surface area contributed by atoms with Crippen molar-refractivity contribution in [2.45, 2.75) is 11.8 Å². The van der Waals surface area contributed by atoms with E-state index in [0.29, 0.717) is 11.4 Å². The number of hydrogen-bond donors (Lipinski definition) is 2. The standard InChI is InChI=1S/C16H18N2O2S/c1-11-6-7-12(17)8-15(11)18-16(19)10-21-14-5-3-4-13(9-14)20-2/h3-9H,10,17H2,1-2H3,(H,18,19). The summed E-state index contributed by atoms with van der Waals surface area (Å²) in [6, 6.07) is 13.1. The first-order valence-electron chi connectivity index (χ1n) is 6.51. The van der Waals surface area contributed by atoms with Gasteiger partial charge in [-0.3, -0.25) is 4.79 Å². The largest absolute Gasteiger partial charge is 0.497 e. The topological polar surface area (TPSA) is 64.3 Å². The fourth-order valence-corrected chi connectivity index (χ4v) is 2.54. The van der Waals surface area contributed by atoms with Crippen molar-refractivity contribution in [1.82, 2.24) is 0 Å². The molecule has 0 heterocycles. The molecule has 0 aromatic heterocycles. The van der Waals surface area contributed by atoms with Crippen LogP contribution in [0.5, 0.6) is 5.75 Å². The van der Waals surface area contributed by atoms with Gasteiger partial charge in [0, 0.05) is 16.3 Å². The lowest BCUT2D eigenvalue weighted by Crippen LogP contribution is -2.15. The average molecular weight is 302 g/mol. The van der Waals surface area contributed by atoms with E-state index in [9.17, 15) is 4.79 Å². The molecule has 0 radical (unpaired) electrons. The molecule has 2 aromatic carbocycles. The maximum atomic E-state index is 12.0. The predicted molar refractivity (Wildman–Crippen MR) is 87.9 cm³/mol. The van der Waals surface area contributed by atoms with Crippen molar-refractivity contribution < 1.29 is 9.53 Å². The third-order valence-electron chi connectivity index (χ3n) is 2.95. The highest BCUT2D eigenvalue weighted by Gasteiger charge is 2.06. The maximum absolute atomic E-state index is 12.0. The number of methoxy groups -OCH3 is 1.